The highest BCUT2D eigenvalue weighted by atomic mass is 32.1. The molecule has 0 aliphatic rings. The molecule has 1 amide bonds. The zero-order valence-electron chi connectivity index (χ0n) is 14.0. The van der Waals surface area contributed by atoms with Gasteiger partial charge in [0.25, 0.3) is 5.91 Å². The van der Waals surface area contributed by atoms with Crippen LogP contribution in [0.1, 0.15) is 23.0 Å². The third kappa shape index (κ3) is 4.54. The van der Waals surface area contributed by atoms with Crippen molar-refractivity contribution in [1.82, 2.24) is 9.97 Å². The van der Waals surface area contributed by atoms with Gasteiger partial charge in [0.1, 0.15) is 5.82 Å². The Hall–Kier alpha value is -2.93. The van der Waals surface area contributed by atoms with Gasteiger partial charge in [0.2, 0.25) is 5.95 Å². The van der Waals surface area contributed by atoms with Gasteiger partial charge in [0.05, 0.1) is 5.56 Å². The van der Waals surface area contributed by atoms with E-state index in [1.807, 2.05) is 54.9 Å². The first-order valence-electron chi connectivity index (χ1n) is 7.94. The molecule has 2 heterocycles. The Kier molecular flexibility index (Phi) is 5.25. The van der Waals surface area contributed by atoms with Gasteiger partial charge in [-0.1, -0.05) is 0 Å². The molecule has 2 aromatic heterocycles. The molecule has 0 aliphatic carbocycles. The van der Waals surface area contributed by atoms with Crippen LogP contribution in [0.15, 0.2) is 47.2 Å². The van der Waals surface area contributed by atoms with Crippen LogP contribution in [0.3, 0.4) is 0 Å². The normalized spacial score (nSPS) is 10.3. The minimum absolute atomic E-state index is 0.108. The fourth-order valence-corrected chi connectivity index (χ4v) is 2.89. The Morgan fingerprint density at radius 1 is 1.12 bits per heavy atom. The first-order valence-corrected chi connectivity index (χ1v) is 8.88. The van der Waals surface area contributed by atoms with E-state index in [1.165, 1.54) is 11.3 Å². The second kappa shape index (κ2) is 7.76. The number of benzene rings is 1. The topological polar surface area (TPSA) is 78.9 Å². The average Bonchev–Trinajstić information content (AvgIpc) is 3.11. The number of rotatable bonds is 6. The number of amides is 1. The number of nitrogens with zero attached hydrogens (tertiary/aromatic N) is 2. The number of anilines is 4. The summed E-state index contributed by atoms with van der Waals surface area (Å²) >= 11 is 1.50. The van der Waals surface area contributed by atoms with Gasteiger partial charge in [0.15, 0.2) is 0 Å². The summed E-state index contributed by atoms with van der Waals surface area (Å²) in [7, 11) is 0. The Labute approximate surface area is 150 Å². The van der Waals surface area contributed by atoms with Crippen molar-refractivity contribution >= 4 is 40.4 Å². The number of carbonyl (C=O) groups is 1. The molecule has 6 nitrogen and oxygen atoms in total. The summed E-state index contributed by atoms with van der Waals surface area (Å²) < 4.78 is 0. The lowest BCUT2D eigenvalue weighted by Gasteiger charge is -2.10. The number of aromatic nitrogens is 2. The van der Waals surface area contributed by atoms with Gasteiger partial charge in [-0.3, -0.25) is 4.79 Å². The SMILES string of the molecule is CCNc1nc(C)cc(Nc2ccc(NC(=O)c3ccsc3)cc2)n1. The summed E-state index contributed by atoms with van der Waals surface area (Å²) in [6.07, 6.45) is 0. The number of hydrogen-bond donors (Lipinski definition) is 3. The van der Waals surface area contributed by atoms with E-state index in [2.05, 4.69) is 25.9 Å². The van der Waals surface area contributed by atoms with Gasteiger partial charge in [0, 0.05) is 35.1 Å². The van der Waals surface area contributed by atoms with Crippen LogP contribution in [0.25, 0.3) is 0 Å². The Morgan fingerprint density at radius 3 is 2.56 bits per heavy atom. The van der Waals surface area contributed by atoms with Crippen LogP contribution in [-0.4, -0.2) is 22.4 Å². The highest BCUT2D eigenvalue weighted by Crippen LogP contribution is 2.20. The van der Waals surface area contributed by atoms with Crippen molar-refractivity contribution in [3.63, 3.8) is 0 Å². The molecular weight excluding hydrogens is 334 g/mol. The molecule has 0 saturated carbocycles. The van der Waals surface area contributed by atoms with E-state index in [4.69, 9.17) is 0 Å². The van der Waals surface area contributed by atoms with Crippen LogP contribution in [-0.2, 0) is 0 Å². The van der Waals surface area contributed by atoms with Gasteiger partial charge in [-0.15, -0.1) is 0 Å². The van der Waals surface area contributed by atoms with E-state index in [-0.39, 0.29) is 5.91 Å². The molecule has 0 atom stereocenters. The number of carbonyl (C=O) groups excluding carboxylic acids is 1. The van der Waals surface area contributed by atoms with E-state index in [0.717, 1.165) is 29.4 Å². The lowest BCUT2D eigenvalue weighted by molar-refractivity contribution is 0.102. The molecule has 3 rings (SSSR count). The maximum absolute atomic E-state index is 12.0. The number of hydrogen-bond acceptors (Lipinski definition) is 6. The van der Waals surface area contributed by atoms with Gasteiger partial charge in [-0.25, -0.2) is 4.98 Å². The van der Waals surface area contributed by atoms with Crippen molar-refractivity contribution in [3.8, 4) is 0 Å². The van der Waals surface area contributed by atoms with Crippen LogP contribution < -0.4 is 16.0 Å². The lowest BCUT2D eigenvalue weighted by atomic mass is 10.2. The van der Waals surface area contributed by atoms with Crippen LogP contribution in [0.4, 0.5) is 23.1 Å². The average molecular weight is 353 g/mol. The van der Waals surface area contributed by atoms with Crippen molar-refractivity contribution in [2.45, 2.75) is 13.8 Å². The summed E-state index contributed by atoms with van der Waals surface area (Å²) in [5, 5.41) is 12.9. The van der Waals surface area contributed by atoms with Gasteiger partial charge in [-0.05, 0) is 49.6 Å². The summed E-state index contributed by atoms with van der Waals surface area (Å²) in [5.41, 5.74) is 3.18. The maximum Gasteiger partial charge on any atom is 0.256 e. The Balaban J connectivity index is 1.67. The molecule has 0 saturated heterocycles. The minimum atomic E-state index is -0.108. The Morgan fingerprint density at radius 2 is 1.88 bits per heavy atom. The van der Waals surface area contributed by atoms with Crippen molar-refractivity contribution in [3.05, 3.63) is 58.4 Å². The predicted molar refractivity (Wildman–Crippen MR) is 103 cm³/mol. The molecule has 7 heteroatoms. The maximum atomic E-state index is 12.0. The molecule has 1 aromatic carbocycles. The molecular formula is C18H19N5OS. The van der Waals surface area contributed by atoms with E-state index in [9.17, 15) is 4.79 Å². The van der Waals surface area contributed by atoms with Crippen LogP contribution in [0, 0.1) is 6.92 Å². The minimum Gasteiger partial charge on any atom is -0.354 e. The van der Waals surface area contributed by atoms with Crippen LogP contribution in [0.5, 0.6) is 0 Å². The van der Waals surface area contributed by atoms with E-state index in [1.54, 1.807) is 6.07 Å². The third-order valence-corrected chi connectivity index (χ3v) is 4.07. The summed E-state index contributed by atoms with van der Waals surface area (Å²) in [6, 6.07) is 11.2. The quantitative estimate of drug-likeness (QED) is 0.617. The molecule has 0 aliphatic heterocycles. The van der Waals surface area contributed by atoms with Crippen molar-refractivity contribution in [2.75, 3.05) is 22.5 Å². The molecule has 128 valence electrons. The first-order chi connectivity index (χ1) is 12.1. The number of aryl methyl sites for hydroxylation is 1. The molecule has 25 heavy (non-hydrogen) atoms. The molecule has 0 bridgehead atoms. The first kappa shape index (κ1) is 16.9. The van der Waals surface area contributed by atoms with E-state index >= 15 is 0 Å². The van der Waals surface area contributed by atoms with Crippen molar-refractivity contribution < 1.29 is 4.79 Å². The Bertz CT molecular complexity index is 846. The molecule has 3 aromatic rings. The van der Waals surface area contributed by atoms with Crippen LogP contribution in [0.2, 0.25) is 0 Å². The smallest absolute Gasteiger partial charge is 0.256 e. The summed E-state index contributed by atoms with van der Waals surface area (Å²) in [6.45, 7) is 4.69. The van der Waals surface area contributed by atoms with E-state index < -0.39 is 0 Å². The van der Waals surface area contributed by atoms with Crippen molar-refractivity contribution in [2.24, 2.45) is 0 Å². The third-order valence-electron chi connectivity index (χ3n) is 3.39. The fraction of sp³-hybridized carbons (Fsp3) is 0.167. The molecule has 3 N–H and O–H groups in total. The predicted octanol–water partition coefficient (Wildman–Crippen LogP) is 4.27. The highest BCUT2D eigenvalue weighted by molar-refractivity contribution is 7.08. The second-order valence-corrected chi connectivity index (χ2v) is 6.20. The monoisotopic (exact) mass is 353 g/mol. The van der Waals surface area contributed by atoms with Gasteiger partial charge in [-0.2, -0.15) is 16.3 Å². The number of nitrogens with one attached hydrogen (secondary N) is 3. The van der Waals surface area contributed by atoms with Gasteiger partial charge >= 0.3 is 0 Å². The van der Waals surface area contributed by atoms with Crippen molar-refractivity contribution in [1.29, 1.82) is 0 Å². The second-order valence-electron chi connectivity index (χ2n) is 5.42. The van der Waals surface area contributed by atoms with Gasteiger partial charge < -0.3 is 16.0 Å². The standard InChI is InChI=1S/C18H19N5OS/c1-3-19-18-20-12(2)10-16(23-18)21-14-4-6-15(7-5-14)22-17(24)13-8-9-25-11-13/h4-11H,3H2,1-2H3,(H,22,24)(H2,19,20,21,23). The molecule has 0 fully saturated rings. The zero-order valence-corrected chi connectivity index (χ0v) is 14.9. The fourth-order valence-electron chi connectivity index (χ4n) is 2.25. The highest BCUT2D eigenvalue weighted by Gasteiger charge is 2.06. The lowest BCUT2D eigenvalue weighted by Crippen LogP contribution is -2.10. The molecule has 0 unspecified atom stereocenters. The molecule has 0 radical (unpaired) electrons. The van der Waals surface area contributed by atoms with Crippen LogP contribution >= 0.6 is 11.3 Å². The zero-order chi connectivity index (χ0) is 17.6. The van der Waals surface area contributed by atoms with E-state index in [0.29, 0.717) is 11.5 Å². The molecule has 0 spiro atoms. The number of thiophene rings is 1. The summed E-state index contributed by atoms with van der Waals surface area (Å²) in [5.74, 6) is 1.21. The largest absolute Gasteiger partial charge is 0.354 e. The summed E-state index contributed by atoms with van der Waals surface area (Å²) in [4.78, 5) is 20.8.